The lowest BCUT2D eigenvalue weighted by atomic mass is 10.1. The highest BCUT2D eigenvalue weighted by Crippen LogP contribution is 2.32. The molecule has 0 aliphatic heterocycles. The van der Waals surface area contributed by atoms with Gasteiger partial charge in [0.2, 0.25) is 0 Å². The quantitative estimate of drug-likeness (QED) is 0.564. The predicted molar refractivity (Wildman–Crippen MR) is 96.4 cm³/mol. The molecule has 0 unspecified atom stereocenters. The van der Waals surface area contributed by atoms with Gasteiger partial charge in [0.15, 0.2) is 5.76 Å². The summed E-state index contributed by atoms with van der Waals surface area (Å²) >= 11 is 0. The van der Waals surface area contributed by atoms with E-state index < -0.39 is 11.7 Å². The van der Waals surface area contributed by atoms with Gasteiger partial charge in [-0.25, -0.2) is 4.98 Å². The van der Waals surface area contributed by atoms with Gasteiger partial charge in [0.05, 0.1) is 18.4 Å². The molecule has 28 heavy (non-hydrogen) atoms. The first-order valence-corrected chi connectivity index (χ1v) is 8.49. The molecule has 0 saturated carbocycles. The molecule has 0 N–H and O–H groups in total. The largest absolute Gasteiger partial charge is 0.459 e. The molecular weight excluding hydrogens is 371 g/mol. The van der Waals surface area contributed by atoms with Crippen LogP contribution >= 0.6 is 0 Å². The van der Waals surface area contributed by atoms with Crippen molar-refractivity contribution < 1.29 is 22.4 Å². The second kappa shape index (κ2) is 8.16. The number of imidazole rings is 1. The smallest absolute Gasteiger partial charge is 0.416 e. The molecule has 0 bridgehead atoms. The number of benzene rings is 1. The number of carbonyl (C=O) groups is 1. The molecule has 0 spiro atoms. The first kappa shape index (κ1) is 19.5. The maximum atomic E-state index is 13.3. The van der Waals surface area contributed by atoms with Crippen molar-refractivity contribution in [1.82, 2.24) is 14.5 Å². The fourth-order valence-electron chi connectivity index (χ4n) is 2.86. The van der Waals surface area contributed by atoms with Gasteiger partial charge in [0, 0.05) is 25.5 Å². The first-order valence-electron chi connectivity index (χ1n) is 8.49. The molecule has 0 atom stereocenters. The van der Waals surface area contributed by atoms with E-state index in [1.165, 1.54) is 29.5 Å². The Morgan fingerprint density at radius 3 is 2.71 bits per heavy atom. The Morgan fingerprint density at radius 1 is 1.25 bits per heavy atom. The Labute approximate surface area is 159 Å². The molecule has 0 aliphatic carbocycles. The van der Waals surface area contributed by atoms with Crippen LogP contribution in [0.15, 0.2) is 72.1 Å². The van der Waals surface area contributed by atoms with Crippen molar-refractivity contribution in [2.24, 2.45) is 0 Å². The summed E-state index contributed by atoms with van der Waals surface area (Å²) in [7, 11) is 0. The maximum absolute atomic E-state index is 13.3. The molecule has 2 heterocycles. The van der Waals surface area contributed by atoms with Crippen LogP contribution in [0, 0.1) is 0 Å². The highest BCUT2D eigenvalue weighted by Gasteiger charge is 2.33. The zero-order valence-corrected chi connectivity index (χ0v) is 14.9. The third-order valence-electron chi connectivity index (χ3n) is 4.17. The van der Waals surface area contributed by atoms with Crippen LogP contribution in [0.4, 0.5) is 13.2 Å². The zero-order chi connectivity index (χ0) is 20.1. The lowest BCUT2D eigenvalue weighted by molar-refractivity contribution is -0.138. The van der Waals surface area contributed by atoms with Crippen LogP contribution in [0.25, 0.3) is 0 Å². The van der Waals surface area contributed by atoms with Gasteiger partial charge in [-0.3, -0.25) is 4.79 Å². The van der Waals surface area contributed by atoms with Crippen molar-refractivity contribution in [3.05, 3.63) is 90.4 Å². The van der Waals surface area contributed by atoms with E-state index in [0.29, 0.717) is 5.82 Å². The van der Waals surface area contributed by atoms with Gasteiger partial charge in [-0.05, 0) is 23.8 Å². The van der Waals surface area contributed by atoms with Crippen LogP contribution in [0.1, 0.15) is 27.5 Å². The summed E-state index contributed by atoms with van der Waals surface area (Å²) in [6.45, 7) is 3.98. The Hall–Kier alpha value is -3.29. The number of hydrogen-bond acceptors (Lipinski definition) is 3. The topological polar surface area (TPSA) is 51.3 Å². The maximum Gasteiger partial charge on any atom is 0.416 e. The van der Waals surface area contributed by atoms with E-state index >= 15 is 0 Å². The fourth-order valence-corrected chi connectivity index (χ4v) is 2.86. The van der Waals surface area contributed by atoms with E-state index in [1.54, 1.807) is 35.0 Å². The van der Waals surface area contributed by atoms with E-state index in [2.05, 4.69) is 11.6 Å². The number of alkyl halides is 3. The van der Waals surface area contributed by atoms with Crippen molar-refractivity contribution >= 4 is 5.91 Å². The molecular formula is C20H18F3N3O2. The summed E-state index contributed by atoms with van der Waals surface area (Å²) in [5.41, 5.74) is -0.564. The van der Waals surface area contributed by atoms with Gasteiger partial charge in [-0.15, -0.1) is 6.58 Å². The predicted octanol–water partition coefficient (Wildman–Crippen LogP) is 4.37. The van der Waals surface area contributed by atoms with E-state index in [1.807, 2.05) is 0 Å². The van der Waals surface area contributed by atoms with Crippen LogP contribution in [0.3, 0.4) is 0 Å². The summed E-state index contributed by atoms with van der Waals surface area (Å²) in [6, 6.07) is 8.55. The van der Waals surface area contributed by atoms with Crippen LogP contribution in [0.2, 0.25) is 0 Å². The minimum absolute atomic E-state index is 0.0120. The molecule has 3 aromatic rings. The van der Waals surface area contributed by atoms with Crippen LogP contribution < -0.4 is 0 Å². The number of hydrogen-bond donors (Lipinski definition) is 0. The van der Waals surface area contributed by atoms with Crippen LogP contribution in [0.5, 0.6) is 0 Å². The number of aromatic nitrogens is 2. The highest BCUT2D eigenvalue weighted by molar-refractivity contribution is 5.91. The van der Waals surface area contributed by atoms with Crippen LogP contribution in [-0.2, 0) is 19.3 Å². The monoisotopic (exact) mass is 389 g/mol. The molecule has 1 amide bonds. The van der Waals surface area contributed by atoms with Gasteiger partial charge < -0.3 is 13.9 Å². The summed E-state index contributed by atoms with van der Waals surface area (Å²) in [5, 5.41) is 0. The standard InChI is InChI=1S/C20H18F3N3O2/c1-2-10-26(19(27)17-8-5-12-28-17)14-18-24-9-11-25(18)13-15-6-3-4-7-16(15)20(21,22)23/h2-9,11-12H,1,10,13-14H2. The minimum atomic E-state index is -4.44. The van der Waals surface area contributed by atoms with Gasteiger partial charge in [0.1, 0.15) is 5.82 Å². The highest BCUT2D eigenvalue weighted by atomic mass is 19.4. The first-order chi connectivity index (χ1) is 13.4. The number of nitrogens with zero attached hydrogens (tertiary/aromatic N) is 3. The summed E-state index contributed by atoms with van der Waals surface area (Å²) in [6.07, 6.45) is 1.60. The van der Waals surface area contributed by atoms with Crippen molar-refractivity contribution in [2.75, 3.05) is 6.54 Å². The summed E-state index contributed by atoms with van der Waals surface area (Å²) in [4.78, 5) is 18.2. The van der Waals surface area contributed by atoms with Crippen LogP contribution in [-0.4, -0.2) is 26.9 Å². The molecule has 0 fully saturated rings. The fraction of sp³-hybridized carbons (Fsp3) is 0.200. The lowest BCUT2D eigenvalue weighted by Gasteiger charge is -2.21. The molecule has 0 radical (unpaired) electrons. The van der Waals surface area contributed by atoms with Crippen molar-refractivity contribution in [3.8, 4) is 0 Å². The molecule has 5 nitrogen and oxygen atoms in total. The Kier molecular flexibility index (Phi) is 5.67. The Bertz CT molecular complexity index is 946. The molecule has 0 aliphatic rings. The molecule has 146 valence electrons. The molecule has 3 rings (SSSR count). The van der Waals surface area contributed by atoms with E-state index in [-0.39, 0.29) is 36.9 Å². The number of rotatable bonds is 7. The Balaban J connectivity index is 1.84. The second-order valence-corrected chi connectivity index (χ2v) is 6.08. The summed E-state index contributed by atoms with van der Waals surface area (Å²) in [5.74, 6) is 0.274. The van der Waals surface area contributed by atoms with E-state index in [9.17, 15) is 18.0 Å². The second-order valence-electron chi connectivity index (χ2n) is 6.08. The number of halogens is 3. The average Bonchev–Trinajstić information content (AvgIpc) is 3.33. The number of carbonyl (C=O) groups excluding carboxylic acids is 1. The summed E-state index contributed by atoms with van der Waals surface area (Å²) < 4.78 is 46.5. The third kappa shape index (κ3) is 4.33. The van der Waals surface area contributed by atoms with Crippen molar-refractivity contribution in [1.29, 1.82) is 0 Å². The van der Waals surface area contributed by atoms with Crippen molar-refractivity contribution in [2.45, 2.75) is 19.3 Å². The number of amides is 1. The normalized spacial score (nSPS) is 11.4. The van der Waals surface area contributed by atoms with Gasteiger partial charge in [-0.1, -0.05) is 24.3 Å². The molecule has 8 heteroatoms. The number of furan rings is 1. The van der Waals surface area contributed by atoms with Gasteiger partial charge >= 0.3 is 6.18 Å². The molecule has 0 saturated heterocycles. The van der Waals surface area contributed by atoms with E-state index in [4.69, 9.17) is 4.42 Å². The molecule has 1 aromatic carbocycles. The Morgan fingerprint density at radius 2 is 2.04 bits per heavy atom. The third-order valence-corrected chi connectivity index (χ3v) is 4.17. The van der Waals surface area contributed by atoms with Gasteiger partial charge in [-0.2, -0.15) is 13.2 Å². The molecule has 2 aromatic heterocycles. The average molecular weight is 389 g/mol. The lowest BCUT2D eigenvalue weighted by Crippen LogP contribution is -2.31. The van der Waals surface area contributed by atoms with Crippen molar-refractivity contribution in [3.63, 3.8) is 0 Å². The SMILES string of the molecule is C=CCN(Cc1nccn1Cc1ccccc1C(F)(F)F)C(=O)c1ccco1. The zero-order valence-electron chi connectivity index (χ0n) is 14.9. The van der Waals surface area contributed by atoms with Gasteiger partial charge in [0.25, 0.3) is 5.91 Å². The minimum Gasteiger partial charge on any atom is -0.459 e. The van der Waals surface area contributed by atoms with E-state index in [0.717, 1.165) is 6.07 Å².